The van der Waals surface area contributed by atoms with Crippen LogP contribution in [0.5, 0.6) is 0 Å². The third kappa shape index (κ3) is 6.14. The third-order valence-electron chi connectivity index (χ3n) is 4.21. The first-order valence-electron chi connectivity index (χ1n) is 9.53. The SMILES string of the molecule is O=C(O)c1cnccc1Nc1ccccc1.O=C(O)c1cnccc1Nc1ccccc1. The summed E-state index contributed by atoms with van der Waals surface area (Å²) in [5.74, 6) is -1.99. The van der Waals surface area contributed by atoms with E-state index in [0.717, 1.165) is 11.4 Å². The molecule has 0 spiro atoms. The third-order valence-corrected chi connectivity index (χ3v) is 4.21. The van der Waals surface area contributed by atoms with Crippen molar-refractivity contribution in [2.45, 2.75) is 0 Å². The number of carboxylic acid groups (broad SMARTS) is 2. The van der Waals surface area contributed by atoms with Gasteiger partial charge in [-0.1, -0.05) is 36.4 Å². The predicted molar refractivity (Wildman–Crippen MR) is 122 cm³/mol. The molecule has 0 aliphatic rings. The molecule has 0 aliphatic heterocycles. The monoisotopic (exact) mass is 428 g/mol. The second kappa shape index (κ2) is 10.9. The molecule has 32 heavy (non-hydrogen) atoms. The van der Waals surface area contributed by atoms with Crippen LogP contribution in [0.2, 0.25) is 0 Å². The van der Waals surface area contributed by atoms with Crippen molar-refractivity contribution >= 4 is 34.7 Å². The van der Waals surface area contributed by atoms with Gasteiger partial charge in [-0.15, -0.1) is 0 Å². The molecule has 0 aliphatic carbocycles. The predicted octanol–water partition coefficient (Wildman–Crippen LogP) is 5.05. The molecular formula is C24H20N4O4. The lowest BCUT2D eigenvalue weighted by Crippen LogP contribution is -2.03. The number of aromatic nitrogens is 2. The number of carboxylic acids is 2. The lowest BCUT2D eigenvalue weighted by atomic mass is 10.2. The maximum Gasteiger partial charge on any atom is 0.339 e. The highest BCUT2D eigenvalue weighted by Gasteiger charge is 2.10. The van der Waals surface area contributed by atoms with Crippen molar-refractivity contribution in [2.75, 3.05) is 10.6 Å². The van der Waals surface area contributed by atoms with Crippen LogP contribution in [0.15, 0.2) is 97.6 Å². The Morgan fingerprint density at radius 3 is 1.31 bits per heavy atom. The molecule has 160 valence electrons. The van der Waals surface area contributed by atoms with E-state index in [0.29, 0.717) is 11.4 Å². The van der Waals surface area contributed by atoms with Crippen molar-refractivity contribution < 1.29 is 19.8 Å². The average molecular weight is 428 g/mol. The molecule has 0 unspecified atom stereocenters. The van der Waals surface area contributed by atoms with E-state index in [2.05, 4.69) is 20.6 Å². The Labute approximate surface area is 184 Å². The molecule has 4 aromatic rings. The van der Waals surface area contributed by atoms with Gasteiger partial charge in [-0.2, -0.15) is 0 Å². The highest BCUT2D eigenvalue weighted by atomic mass is 16.4. The molecule has 0 fully saturated rings. The van der Waals surface area contributed by atoms with Crippen LogP contribution in [0.1, 0.15) is 20.7 Å². The van der Waals surface area contributed by atoms with Gasteiger partial charge in [0.2, 0.25) is 0 Å². The highest BCUT2D eigenvalue weighted by molar-refractivity contribution is 5.95. The molecule has 2 aromatic carbocycles. The number of para-hydroxylation sites is 2. The topological polar surface area (TPSA) is 124 Å². The van der Waals surface area contributed by atoms with Crippen molar-refractivity contribution in [1.29, 1.82) is 0 Å². The number of benzene rings is 2. The molecule has 2 aromatic heterocycles. The van der Waals surface area contributed by atoms with E-state index in [-0.39, 0.29) is 11.1 Å². The number of hydrogen-bond acceptors (Lipinski definition) is 6. The summed E-state index contributed by atoms with van der Waals surface area (Å²) in [6.07, 6.45) is 5.76. The molecule has 0 radical (unpaired) electrons. The largest absolute Gasteiger partial charge is 0.478 e. The van der Waals surface area contributed by atoms with Crippen LogP contribution >= 0.6 is 0 Å². The van der Waals surface area contributed by atoms with Crippen LogP contribution in [-0.4, -0.2) is 32.1 Å². The Balaban J connectivity index is 0.000000181. The van der Waals surface area contributed by atoms with Gasteiger partial charge in [0.15, 0.2) is 0 Å². The second-order valence-electron chi connectivity index (χ2n) is 6.43. The molecule has 4 rings (SSSR count). The fourth-order valence-electron chi connectivity index (χ4n) is 2.70. The maximum absolute atomic E-state index is 10.9. The smallest absolute Gasteiger partial charge is 0.339 e. The van der Waals surface area contributed by atoms with E-state index in [9.17, 15) is 9.59 Å². The molecule has 0 amide bonds. The van der Waals surface area contributed by atoms with Crippen molar-refractivity contribution in [3.63, 3.8) is 0 Å². The second-order valence-corrected chi connectivity index (χ2v) is 6.43. The standard InChI is InChI=1S/2C12H10N2O2/c2*15-12(16)10-8-13-7-6-11(10)14-9-4-2-1-3-5-9/h2*1-8H,(H,13,14)(H,15,16). The summed E-state index contributed by atoms with van der Waals surface area (Å²) in [4.78, 5) is 29.4. The van der Waals surface area contributed by atoms with Crippen LogP contribution in [-0.2, 0) is 0 Å². The Kier molecular flexibility index (Phi) is 7.48. The number of carbonyl (C=O) groups is 2. The van der Waals surface area contributed by atoms with Gasteiger partial charge in [-0.3, -0.25) is 9.97 Å². The minimum absolute atomic E-state index is 0.159. The lowest BCUT2D eigenvalue weighted by molar-refractivity contribution is 0.0686. The zero-order valence-corrected chi connectivity index (χ0v) is 16.8. The molecule has 0 atom stereocenters. The van der Waals surface area contributed by atoms with Gasteiger partial charge in [-0.25, -0.2) is 9.59 Å². The van der Waals surface area contributed by atoms with Gasteiger partial charge >= 0.3 is 11.9 Å². The Morgan fingerprint density at radius 2 is 0.969 bits per heavy atom. The summed E-state index contributed by atoms with van der Waals surface area (Å²) in [5.41, 5.74) is 3.08. The molecule has 4 N–H and O–H groups in total. The molecule has 0 bridgehead atoms. The van der Waals surface area contributed by atoms with Crippen LogP contribution < -0.4 is 10.6 Å². The number of aromatic carboxylic acids is 2. The zero-order valence-electron chi connectivity index (χ0n) is 16.8. The summed E-state index contributed by atoms with van der Waals surface area (Å²) in [6.45, 7) is 0. The molecular weight excluding hydrogens is 408 g/mol. The first-order valence-corrected chi connectivity index (χ1v) is 9.53. The Hall–Kier alpha value is -4.72. The molecule has 2 heterocycles. The summed E-state index contributed by atoms with van der Waals surface area (Å²) in [5, 5.41) is 24.0. The number of pyridine rings is 2. The maximum atomic E-state index is 10.9. The van der Waals surface area contributed by atoms with Gasteiger partial charge in [0, 0.05) is 36.2 Å². The summed E-state index contributed by atoms with van der Waals surface area (Å²) < 4.78 is 0. The van der Waals surface area contributed by atoms with E-state index in [4.69, 9.17) is 10.2 Å². The van der Waals surface area contributed by atoms with E-state index in [1.54, 1.807) is 24.5 Å². The van der Waals surface area contributed by atoms with Gasteiger partial charge in [0.05, 0.1) is 11.4 Å². The molecule has 0 saturated carbocycles. The van der Waals surface area contributed by atoms with Crippen LogP contribution in [0.4, 0.5) is 22.7 Å². The normalized spacial score (nSPS) is 9.75. The van der Waals surface area contributed by atoms with E-state index >= 15 is 0 Å². The van der Waals surface area contributed by atoms with Gasteiger partial charge in [-0.05, 0) is 36.4 Å². The van der Waals surface area contributed by atoms with Gasteiger partial charge in [0.1, 0.15) is 11.1 Å². The van der Waals surface area contributed by atoms with Crippen LogP contribution in [0.25, 0.3) is 0 Å². The average Bonchev–Trinajstić information content (AvgIpc) is 2.81. The van der Waals surface area contributed by atoms with E-state index in [1.807, 2.05) is 60.7 Å². The first-order chi connectivity index (χ1) is 15.5. The zero-order chi connectivity index (χ0) is 22.8. The minimum atomic E-state index is -0.994. The Morgan fingerprint density at radius 1 is 0.594 bits per heavy atom. The minimum Gasteiger partial charge on any atom is -0.478 e. The van der Waals surface area contributed by atoms with Crippen molar-refractivity contribution in [3.05, 3.63) is 109 Å². The molecule has 0 saturated heterocycles. The van der Waals surface area contributed by atoms with Crippen LogP contribution in [0, 0.1) is 0 Å². The van der Waals surface area contributed by atoms with Gasteiger partial charge in [0.25, 0.3) is 0 Å². The van der Waals surface area contributed by atoms with Crippen molar-refractivity contribution in [1.82, 2.24) is 9.97 Å². The van der Waals surface area contributed by atoms with Crippen molar-refractivity contribution in [3.8, 4) is 0 Å². The van der Waals surface area contributed by atoms with E-state index < -0.39 is 11.9 Å². The number of rotatable bonds is 6. The van der Waals surface area contributed by atoms with Crippen LogP contribution in [0.3, 0.4) is 0 Å². The fraction of sp³-hybridized carbons (Fsp3) is 0. The number of anilines is 4. The molecule has 8 nitrogen and oxygen atoms in total. The lowest BCUT2D eigenvalue weighted by Gasteiger charge is -2.08. The fourth-order valence-corrected chi connectivity index (χ4v) is 2.70. The highest BCUT2D eigenvalue weighted by Crippen LogP contribution is 2.20. The number of hydrogen-bond donors (Lipinski definition) is 4. The summed E-state index contributed by atoms with van der Waals surface area (Å²) >= 11 is 0. The quantitative estimate of drug-likeness (QED) is 0.336. The van der Waals surface area contributed by atoms with Gasteiger partial charge < -0.3 is 20.8 Å². The molecule has 8 heteroatoms. The van der Waals surface area contributed by atoms with Crippen molar-refractivity contribution in [2.24, 2.45) is 0 Å². The number of nitrogens with zero attached hydrogens (tertiary/aromatic N) is 2. The summed E-state index contributed by atoms with van der Waals surface area (Å²) in [7, 11) is 0. The number of nitrogens with one attached hydrogen (secondary N) is 2. The summed E-state index contributed by atoms with van der Waals surface area (Å²) in [6, 6.07) is 22.1. The Bertz CT molecular complexity index is 1090. The first kappa shape index (κ1) is 22.0. The van der Waals surface area contributed by atoms with E-state index in [1.165, 1.54) is 12.4 Å².